The zero-order valence-corrected chi connectivity index (χ0v) is 11.2. The summed E-state index contributed by atoms with van der Waals surface area (Å²) in [6, 6.07) is 0.221. The molecule has 0 aliphatic heterocycles. The molecule has 102 valence electrons. The summed E-state index contributed by atoms with van der Waals surface area (Å²) >= 11 is 0. The maximum atomic E-state index is 6.19. The number of nitrogens with zero attached hydrogens (tertiary/aromatic N) is 1. The van der Waals surface area contributed by atoms with Crippen LogP contribution in [0, 0.1) is 0 Å². The summed E-state index contributed by atoms with van der Waals surface area (Å²) in [6.45, 7) is 2.94. The predicted octanol–water partition coefficient (Wildman–Crippen LogP) is 1.88. The van der Waals surface area contributed by atoms with E-state index in [1.807, 2.05) is 0 Å². The smallest absolute Gasteiger partial charge is 0.0701 e. The van der Waals surface area contributed by atoms with Crippen molar-refractivity contribution in [1.82, 2.24) is 4.57 Å². The van der Waals surface area contributed by atoms with E-state index in [9.17, 15) is 0 Å². The van der Waals surface area contributed by atoms with Gasteiger partial charge in [-0.05, 0) is 30.4 Å². The Labute approximate surface area is 109 Å². The number of aromatic nitrogens is 1. The molecule has 0 fully saturated rings. The lowest BCUT2D eigenvalue weighted by Crippen LogP contribution is -2.10. The first kappa shape index (κ1) is 13.6. The molecule has 1 heterocycles. The number of aryl methyl sites for hydroxylation is 1. The minimum Gasteiger partial charge on any atom is -0.382 e. The number of ether oxygens (including phenoxy) is 2. The summed E-state index contributed by atoms with van der Waals surface area (Å²) in [4.78, 5) is 0. The van der Waals surface area contributed by atoms with Gasteiger partial charge in [0, 0.05) is 32.1 Å². The van der Waals surface area contributed by atoms with Gasteiger partial charge in [0.05, 0.1) is 19.8 Å². The second kappa shape index (κ2) is 6.92. The van der Waals surface area contributed by atoms with Gasteiger partial charge in [0.2, 0.25) is 0 Å². The van der Waals surface area contributed by atoms with Gasteiger partial charge in [-0.25, -0.2) is 0 Å². The first-order chi connectivity index (χ1) is 8.81. The Morgan fingerprint density at radius 1 is 1.28 bits per heavy atom. The minimum absolute atomic E-state index is 0.221. The maximum Gasteiger partial charge on any atom is 0.0701 e. The molecule has 2 rings (SSSR count). The monoisotopic (exact) mass is 252 g/mol. The molecule has 0 bridgehead atoms. The van der Waals surface area contributed by atoms with Crippen LogP contribution in [0.1, 0.15) is 36.4 Å². The zero-order valence-electron chi connectivity index (χ0n) is 11.2. The fourth-order valence-corrected chi connectivity index (χ4v) is 2.49. The molecule has 0 saturated carbocycles. The minimum atomic E-state index is 0.221. The Balaban J connectivity index is 1.85. The van der Waals surface area contributed by atoms with Gasteiger partial charge in [-0.3, -0.25) is 0 Å². The molecule has 1 unspecified atom stereocenters. The van der Waals surface area contributed by atoms with Crippen molar-refractivity contribution in [2.75, 3.05) is 26.9 Å². The predicted molar refractivity (Wildman–Crippen MR) is 71.6 cm³/mol. The van der Waals surface area contributed by atoms with Gasteiger partial charge in [-0.2, -0.15) is 0 Å². The summed E-state index contributed by atoms with van der Waals surface area (Å²) in [6.07, 6.45) is 9.22. The third-order valence-corrected chi connectivity index (χ3v) is 3.53. The second-order valence-electron chi connectivity index (χ2n) is 4.93. The van der Waals surface area contributed by atoms with Crippen LogP contribution in [-0.2, 0) is 22.4 Å². The maximum absolute atomic E-state index is 6.19. The van der Waals surface area contributed by atoms with E-state index in [-0.39, 0.29) is 6.04 Å². The molecular formula is C14H24N2O2. The van der Waals surface area contributed by atoms with Gasteiger partial charge in [0.25, 0.3) is 0 Å². The lowest BCUT2D eigenvalue weighted by atomic mass is 10.1. The van der Waals surface area contributed by atoms with Crippen LogP contribution >= 0.6 is 0 Å². The van der Waals surface area contributed by atoms with Crippen LogP contribution in [0.15, 0.2) is 12.4 Å². The van der Waals surface area contributed by atoms with Crippen LogP contribution in [-0.4, -0.2) is 31.5 Å². The standard InChI is InChI=1S/C14H24N2O2/c1-17-8-9-18-7-6-16-10-12-4-2-3-5-14(15)13(12)11-16/h10-11,14H,2-9,15H2,1H3. The largest absolute Gasteiger partial charge is 0.382 e. The quantitative estimate of drug-likeness (QED) is 0.621. The van der Waals surface area contributed by atoms with Crippen LogP contribution in [0.5, 0.6) is 0 Å². The molecule has 0 saturated heterocycles. The van der Waals surface area contributed by atoms with E-state index in [1.54, 1.807) is 7.11 Å². The Morgan fingerprint density at radius 2 is 2.17 bits per heavy atom. The summed E-state index contributed by atoms with van der Waals surface area (Å²) in [5.41, 5.74) is 8.96. The van der Waals surface area contributed by atoms with E-state index in [4.69, 9.17) is 15.2 Å². The lowest BCUT2D eigenvalue weighted by molar-refractivity contribution is 0.0666. The van der Waals surface area contributed by atoms with E-state index in [0.717, 1.165) is 19.6 Å². The van der Waals surface area contributed by atoms with Gasteiger partial charge >= 0.3 is 0 Å². The average Bonchev–Trinajstić information content (AvgIpc) is 2.70. The fourth-order valence-electron chi connectivity index (χ4n) is 2.49. The highest BCUT2D eigenvalue weighted by Crippen LogP contribution is 2.27. The van der Waals surface area contributed by atoms with Gasteiger partial charge in [0.1, 0.15) is 0 Å². The summed E-state index contributed by atoms with van der Waals surface area (Å²) in [5.74, 6) is 0. The average molecular weight is 252 g/mol. The van der Waals surface area contributed by atoms with Crippen molar-refractivity contribution in [1.29, 1.82) is 0 Å². The highest BCUT2D eigenvalue weighted by Gasteiger charge is 2.16. The Kier molecular flexibility index (Phi) is 5.23. The number of hydrogen-bond donors (Lipinski definition) is 1. The van der Waals surface area contributed by atoms with Gasteiger partial charge in [-0.1, -0.05) is 6.42 Å². The topological polar surface area (TPSA) is 49.4 Å². The van der Waals surface area contributed by atoms with Crippen molar-refractivity contribution in [3.63, 3.8) is 0 Å². The number of rotatable bonds is 6. The van der Waals surface area contributed by atoms with Crippen LogP contribution in [0.4, 0.5) is 0 Å². The molecule has 0 aromatic carbocycles. The number of hydrogen-bond acceptors (Lipinski definition) is 3. The first-order valence-corrected chi connectivity index (χ1v) is 6.82. The highest BCUT2D eigenvalue weighted by molar-refractivity contribution is 5.28. The molecule has 0 radical (unpaired) electrons. The fraction of sp³-hybridized carbons (Fsp3) is 0.714. The third kappa shape index (κ3) is 3.57. The molecule has 0 spiro atoms. The van der Waals surface area contributed by atoms with Gasteiger partial charge < -0.3 is 19.8 Å². The Bertz CT molecular complexity index is 363. The van der Waals surface area contributed by atoms with E-state index in [0.29, 0.717) is 13.2 Å². The Hall–Kier alpha value is -0.840. The molecule has 4 heteroatoms. The number of methoxy groups -OCH3 is 1. The van der Waals surface area contributed by atoms with E-state index in [1.165, 1.54) is 30.4 Å². The lowest BCUT2D eigenvalue weighted by Gasteiger charge is -2.08. The number of fused-ring (bicyclic) bond motifs is 1. The Morgan fingerprint density at radius 3 is 3.00 bits per heavy atom. The van der Waals surface area contributed by atoms with Crippen molar-refractivity contribution in [3.05, 3.63) is 23.5 Å². The van der Waals surface area contributed by atoms with Crippen molar-refractivity contribution in [2.45, 2.75) is 38.3 Å². The SMILES string of the molecule is COCCOCCn1cc2c(c1)C(N)CCCC2. The summed E-state index contributed by atoms with van der Waals surface area (Å²) < 4.78 is 12.6. The van der Waals surface area contributed by atoms with Crippen LogP contribution in [0.3, 0.4) is 0 Å². The summed E-state index contributed by atoms with van der Waals surface area (Å²) in [5, 5.41) is 0. The third-order valence-electron chi connectivity index (χ3n) is 3.53. The molecule has 1 aliphatic rings. The van der Waals surface area contributed by atoms with Gasteiger partial charge in [-0.15, -0.1) is 0 Å². The second-order valence-corrected chi connectivity index (χ2v) is 4.93. The molecule has 2 N–H and O–H groups in total. The highest BCUT2D eigenvalue weighted by atomic mass is 16.5. The molecule has 1 aliphatic carbocycles. The van der Waals surface area contributed by atoms with Crippen molar-refractivity contribution in [2.24, 2.45) is 5.73 Å². The molecule has 0 amide bonds. The van der Waals surface area contributed by atoms with Crippen molar-refractivity contribution >= 4 is 0 Å². The zero-order chi connectivity index (χ0) is 12.8. The van der Waals surface area contributed by atoms with Crippen LogP contribution < -0.4 is 5.73 Å². The molecule has 18 heavy (non-hydrogen) atoms. The first-order valence-electron chi connectivity index (χ1n) is 6.82. The molecule has 1 atom stereocenters. The normalized spacial score (nSPS) is 19.6. The van der Waals surface area contributed by atoms with Crippen LogP contribution in [0.2, 0.25) is 0 Å². The van der Waals surface area contributed by atoms with Crippen molar-refractivity contribution in [3.8, 4) is 0 Å². The molecule has 4 nitrogen and oxygen atoms in total. The van der Waals surface area contributed by atoms with E-state index in [2.05, 4.69) is 17.0 Å². The molecular weight excluding hydrogens is 228 g/mol. The molecule has 1 aromatic rings. The van der Waals surface area contributed by atoms with Crippen LogP contribution in [0.25, 0.3) is 0 Å². The molecule has 1 aromatic heterocycles. The number of nitrogens with two attached hydrogens (primary N) is 1. The van der Waals surface area contributed by atoms with Crippen molar-refractivity contribution < 1.29 is 9.47 Å². The van der Waals surface area contributed by atoms with E-state index < -0.39 is 0 Å². The van der Waals surface area contributed by atoms with E-state index >= 15 is 0 Å². The summed E-state index contributed by atoms with van der Waals surface area (Å²) in [7, 11) is 1.69. The van der Waals surface area contributed by atoms with Gasteiger partial charge in [0.15, 0.2) is 0 Å².